The largest absolute Gasteiger partial charge is 0.481 e. The predicted molar refractivity (Wildman–Crippen MR) is 84.1 cm³/mol. The lowest BCUT2D eigenvalue weighted by Gasteiger charge is -2.32. The minimum atomic E-state index is -0.920. The van der Waals surface area contributed by atoms with Gasteiger partial charge in [-0.05, 0) is 5.56 Å². The van der Waals surface area contributed by atoms with Crippen LogP contribution in [-0.4, -0.2) is 52.7 Å². The maximum Gasteiger partial charge on any atom is 0.306 e. The van der Waals surface area contributed by atoms with Gasteiger partial charge in [-0.1, -0.05) is 30.3 Å². The van der Waals surface area contributed by atoms with E-state index in [1.807, 2.05) is 30.3 Å². The molecule has 120 valence electrons. The van der Waals surface area contributed by atoms with Crippen molar-refractivity contribution in [2.75, 3.05) is 19.7 Å². The summed E-state index contributed by atoms with van der Waals surface area (Å²) in [7, 11) is 0. The summed E-state index contributed by atoms with van der Waals surface area (Å²) in [6.45, 7) is 1.12. The van der Waals surface area contributed by atoms with Crippen LogP contribution in [0.25, 0.3) is 11.1 Å². The Hall–Kier alpha value is -2.60. The number of carbonyl (C=O) groups is 2. The van der Waals surface area contributed by atoms with Crippen LogP contribution in [-0.2, 0) is 9.53 Å². The number of morpholine rings is 1. The van der Waals surface area contributed by atoms with Crippen molar-refractivity contribution in [1.29, 1.82) is 0 Å². The van der Waals surface area contributed by atoms with E-state index in [1.165, 1.54) is 0 Å². The topological polar surface area (TPSA) is 82.6 Å². The third-order valence-corrected chi connectivity index (χ3v) is 3.89. The zero-order chi connectivity index (χ0) is 16.2. The molecule has 1 atom stereocenters. The van der Waals surface area contributed by atoms with E-state index in [0.29, 0.717) is 25.3 Å². The first-order chi connectivity index (χ1) is 11.1. The molecule has 0 saturated carbocycles. The van der Waals surface area contributed by atoms with Crippen LogP contribution < -0.4 is 0 Å². The Morgan fingerprint density at radius 2 is 2.04 bits per heavy atom. The van der Waals surface area contributed by atoms with Gasteiger partial charge in [-0.15, -0.1) is 0 Å². The number of amides is 1. The number of H-pyrrole nitrogens is 1. The number of hydrogen-bond acceptors (Lipinski definition) is 3. The van der Waals surface area contributed by atoms with Gasteiger partial charge < -0.3 is 19.7 Å². The van der Waals surface area contributed by atoms with Crippen molar-refractivity contribution in [3.63, 3.8) is 0 Å². The van der Waals surface area contributed by atoms with Crippen LogP contribution in [0.2, 0.25) is 0 Å². The quantitative estimate of drug-likeness (QED) is 0.904. The lowest BCUT2D eigenvalue weighted by molar-refractivity contribution is -0.141. The average molecular weight is 314 g/mol. The second-order valence-electron chi connectivity index (χ2n) is 5.49. The van der Waals surface area contributed by atoms with Gasteiger partial charge in [0.1, 0.15) is 0 Å². The van der Waals surface area contributed by atoms with Gasteiger partial charge in [0.2, 0.25) is 0 Å². The number of rotatable bonds is 4. The van der Waals surface area contributed by atoms with E-state index in [1.54, 1.807) is 17.3 Å². The van der Waals surface area contributed by atoms with Crippen LogP contribution >= 0.6 is 0 Å². The van der Waals surface area contributed by atoms with Crippen molar-refractivity contribution < 1.29 is 19.4 Å². The van der Waals surface area contributed by atoms with Gasteiger partial charge in [0.05, 0.1) is 24.7 Å². The van der Waals surface area contributed by atoms with Crippen LogP contribution in [0, 0.1) is 0 Å². The molecule has 1 saturated heterocycles. The summed E-state index contributed by atoms with van der Waals surface area (Å²) in [5.74, 6) is -1.03. The van der Waals surface area contributed by atoms with Crippen LogP contribution in [0.1, 0.15) is 16.8 Å². The number of benzene rings is 1. The van der Waals surface area contributed by atoms with E-state index in [2.05, 4.69) is 4.98 Å². The summed E-state index contributed by atoms with van der Waals surface area (Å²) in [6, 6.07) is 9.68. The molecule has 0 bridgehead atoms. The Labute approximate surface area is 133 Å². The predicted octanol–water partition coefficient (Wildman–Crippen LogP) is 2.00. The maximum absolute atomic E-state index is 12.8. The van der Waals surface area contributed by atoms with Crippen LogP contribution in [0.15, 0.2) is 42.7 Å². The molecule has 1 amide bonds. The number of carboxylic acids is 1. The molecule has 6 heteroatoms. The number of aromatic amines is 1. The first-order valence-corrected chi connectivity index (χ1v) is 7.50. The van der Waals surface area contributed by atoms with E-state index < -0.39 is 12.1 Å². The van der Waals surface area contributed by atoms with Gasteiger partial charge in [-0.3, -0.25) is 9.59 Å². The Kier molecular flexibility index (Phi) is 4.43. The number of aliphatic carboxylic acids is 1. The second kappa shape index (κ2) is 6.66. The molecule has 3 rings (SSSR count). The minimum Gasteiger partial charge on any atom is -0.481 e. The number of carbonyl (C=O) groups excluding carboxylic acids is 1. The number of aromatic nitrogens is 1. The minimum absolute atomic E-state index is 0.0948. The second-order valence-corrected chi connectivity index (χ2v) is 5.49. The number of hydrogen-bond donors (Lipinski definition) is 2. The van der Waals surface area contributed by atoms with E-state index in [9.17, 15) is 9.59 Å². The van der Waals surface area contributed by atoms with Crippen molar-refractivity contribution in [3.05, 3.63) is 48.3 Å². The smallest absolute Gasteiger partial charge is 0.306 e. The number of nitrogens with one attached hydrogen (secondary N) is 1. The highest BCUT2D eigenvalue weighted by atomic mass is 16.5. The molecule has 1 aromatic carbocycles. The molecule has 6 nitrogen and oxygen atoms in total. The molecule has 1 aliphatic heterocycles. The van der Waals surface area contributed by atoms with Gasteiger partial charge >= 0.3 is 5.97 Å². The molecular weight excluding hydrogens is 296 g/mol. The summed E-state index contributed by atoms with van der Waals surface area (Å²) in [4.78, 5) is 28.3. The summed E-state index contributed by atoms with van der Waals surface area (Å²) in [6.07, 6.45) is 2.94. The number of nitrogens with zero attached hydrogens (tertiary/aromatic N) is 1. The fourth-order valence-electron chi connectivity index (χ4n) is 2.79. The Balaban J connectivity index is 1.79. The zero-order valence-electron chi connectivity index (χ0n) is 12.6. The molecule has 2 aromatic rings. The molecule has 1 aromatic heterocycles. The molecule has 0 spiro atoms. The molecular formula is C17H18N2O4. The molecule has 0 radical (unpaired) electrons. The van der Waals surface area contributed by atoms with Gasteiger partial charge in [-0.25, -0.2) is 0 Å². The Bertz CT molecular complexity index is 696. The standard InChI is InChI=1S/C17H18N2O4/c20-16(21)8-13-11-19(6-7-23-13)17(22)15-10-18-9-14(15)12-4-2-1-3-5-12/h1-5,9-10,13,18H,6-8,11H2,(H,20,21). The first-order valence-electron chi connectivity index (χ1n) is 7.50. The highest BCUT2D eigenvalue weighted by molar-refractivity contribution is 6.00. The third kappa shape index (κ3) is 3.43. The van der Waals surface area contributed by atoms with Crippen LogP contribution in [0.3, 0.4) is 0 Å². The van der Waals surface area contributed by atoms with Crippen molar-refractivity contribution in [1.82, 2.24) is 9.88 Å². The maximum atomic E-state index is 12.8. The van der Waals surface area contributed by atoms with Crippen molar-refractivity contribution in [3.8, 4) is 11.1 Å². The highest BCUT2D eigenvalue weighted by Gasteiger charge is 2.28. The SMILES string of the molecule is O=C(O)CC1CN(C(=O)c2c[nH]cc2-c2ccccc2)CCO1. The lowest BCUT2D eigenvalue weighted by Crippen LogP contribution is -2.46. The molecule has 2 heterocycles. The average Bonchev–Trinajstić information content (AvgIpc) is 3.04. The summed E-state index contributed by atoms with van der Waals surface area (Å²) in [5, 5.41) is 8.88. The van der Waals surface area contributed by atoms with Gasteiger partial charge in [-0.2, -0.15) is 0 Å². The Morgan fingerprint density at radius 1 is 1.26 bits per heavy atom. The van der Waals surface area contributed by atoms with Crippen molar-refractivity contribution in [2.45, 2.75) is 12.5 Å². The monoisotopic (exact) mass is 314 g/mol. The van der Waals surface area contributed by atoms with E-state index in [-0.39, 0.29) is 12.3 Å². The van der Waals surface area contributed by atoms with Gasteiger partial charge in [0.15, 0.2) is 0 Å². The zero-order valence-corrected chi connectivity index (χ0v) is 12.6. The van der Waals surface area contributed by atoms with Gasteiger partial charge in [0, 0.05) is 31.0 Å². The van der Waals surface area contributed by atoms with Crippen LogP contribution in [0.5, 0.6) is 0 Å². The first kappa shape index (κ1) is 15.3. The lowest BCUT2D eigenvalue weighted by atomic mass is 10.0. The van der Waals surface area contributed by atoms with E-state index >= 15 is 0 Å². The number of carboxylic acid groups (broad SMARTS) is 1. The summed E-state index contributed by atoms with van der Waals surface area (Å²) in [5.41, 5.74) is 2.40. The fraction of sp³-hybridized carbons (Fsp3) is 0.294. The number of ether oxygens (including phenoxy) is 1. The van der Waals surface area contributed by atoms with Gasteiger partial charge in [0.25, 0.3) is 5.91 Å². The van der Waals surface area contributed by atoms with Crippen molar-refractivity contribution >= 4 is 11.9 Å². The van der Waals surface area contributed by atoms with Crippen LogP contribution in [0.4, 0.5) is 0 Å². The highest BCUT2D eigenvalue weighted by Crippen LogP contribution is 2.25. The fourth-order valence-corrected chi connectivity index (χ4v) is 2.79. The molecule has 1 aliphatic rings. The molecule has 0 aliphatic carbocycles. The Morgan fingerprint density at radius 3 is 2.78 bits per heavy atom. The van der Waals surface area contributed by atoms with E-state index in [0.717, 1.165) is 11.1 Å². The van der Waals surface area contributed by atoms with E-state index in [4.69, 9.17) is 9.84 Å². The third-order valence-electron chi connectivity index (χ3n) is 3.89. The normalized spacial score (nSPS) is 17.9. The van der Waals surface area contributed by atoms with Crippen molar-refractivity contribution in [2.24, 2.45) is 0 Å². The molecule has 1 fully saturated rings. The summed E-state index contributed by atoms with van der Waals surface area (Å²) >= 11 is 0. The molecule has 23 heavy (non-hydrogen) atoms. The molecule has 2 N–H and O–H groups in total. The molecule has 1 unspecified atom stereocenters. The summed E-state index contributed by atoms with van der Waals surface area (Å²) < 4.78 is 5.42.